The first-order valence-corrected chi connectivity index (χ1v) is 8.20. The summed E-state index contributed by atoms with van der Waals surface area (Å²) in [7, 11) is 1.66. The molecule has 1 amide bonds. The molecule has 4 heteroatoms. The fraction of sp³-hybridized carbons (Fsp3) is 0.143. The van der Waals surface area contributed by atoms with Gasteiger partial charge in [-0.3, -0.25) is 4.79 Å². The molecule has 0 aliphatic carbocycles. The number of rotatable bonds is 5. The molecule has 0 aliphatic rings. The third kappa shape index (κ3) is 3.86. The highest BCUT2D eigenvalue weighted by Gasteiger charge is 2.21. The van der Waals surface area contributed by atoms with Crippen molar-refractivity contribution in [1.29, 1.82) is 0 Å². The second-order valence-electron chi connectivity index (χ2n) is 5.80. The molecular formula is C21H21N2O2+. The van der Waals surface area contributed by atoms with Gasteiger partial charge >= 0.3 is 5.91 Å². The zero-order valence-electron chi connectivity index (χ0n) is 14.3. The topological polar surface area (TPSA) is 42.2 Å². The molecule has 1 atom stereocenters. The first kappa shape index (κ1) is 16.7. The molecule has 1 aromatic heterocycles. The third-order valence-electron chi connectivity index (χ3n) is 4.21. The van der Waals surface area contributed by atoms with Crippen LogP contribution in [0.2, 0.25) is 0 Å². The van der Waals surface area contributed by atoms with Crippen molar-refractivity contribution < 1.29 is 14.2 Å². The number of benzene rings is 2. The van der Waals surface area contributed by atoms with Gasteiger partial charge in [-0.2, -0.15) is 0 Å². The number of hydrogen-bond acceptors (Lipinski definition) is 2. The zero-order valence-corrected chi connectivity index (χ0v) is 14.3. The summed E-state index contributed by atoms with van der Waals surface area (Å²) in [5, 5.41) is 0. The Balaban J connectivity index is 1.86. The Labute approximate surface area is 147 Å². The van der Waals surface area contributed by atoms with Crippen LogP contribution in [0.1, 0.15) is 34.5 Å². The SMILES string of the molecule is COc1ccc(C(C)c2cccc[n+]2NC(=O)c2ccccc2)cc1. The van der Waals surface area contributed by atoms with E-state index in [1.807, 2.05) is 66.9 Å². The van der Waals surface area contributed by atoms with Gasteiger partial charge in [0, 0.05) is 17.7 Å². The molecule has 126 valence electrons. The van der Waals surface area contributed by atoms with Crippen LogP contribution < -0.4 is 14.8 Å². The Morgan fingerprint density at radius 1 is 0.960 bits per heavy atom. The molecule has 2 aromatic carbocycles. The van der Waals surface area contributed by atoms with Crippen LogP contribution in [0, 0.1) is 0 Å². The molecule has 0 aliphatic heterocycles. The Bertz CT molecular complexity index is 845. The fourth-order valence-corrected chi connectivity index (χ4v) is 2.74. The molecule has 0 spiro atoms. The van der Waals surface area contributed by atoms with Crippen molar-refractivity contribution in [3.05, 3.63) is 95.8 Å². The lowest BCUT2D eigenvalue weighted by molar-refractivity contribution is -0.650. The van der Waals surface area contributed by atoms with E-state index in [2.05, 4.69) is 12.3 Å². The van der Waals surface area contributed by atoms with Crippen molar-refractivity contribution in [3.8, 4) is 5.75 Å². The number of carbonyl (C=O) groups is 1. The van der Waals surface area contributed by atoms with Gasteiger partial charge in [0.25, 0.3) is 0 Å². The van der Waals surface area contributed by atoms with Crippen LogP contribution in [0.25, 0.3) is 0 Å². The maximum absolute atomic E-state index is 12.5. The molecule has 0 saturated heterocycles. The fourth-order valence-electron chi connectivity index (χ4n) is 2.74. The number of nitrogens with one attached hydrogen (secondary N) is 1. The van der Waals surface area contributed by atoms with Gasteiger partial charge in [0.2, 0.25) is 5.69 Å². The lowest BCUT2D eigenvalue weighted by Crippen LogP contribution is -2.51. The van der Waals surface area contributed by atoms with E-state index in [1.165, 1.54) is 0 Å². The van der Waals surface area contributed by atoms with Gasteiger partial charge in [-0.15, -0.1) is 5.43 Å². The van der Waals surface area contributed by atoms with Gasteiger partial charge in [-0.25, -0.2) is 0 Å². The lowest BCUT2D eigenvalue weighted by atomic mass is 9.97. The number of amides is 1. The summed E-state index contributed by atoms with van der Waals surface area (Å²) in [6, 6.07) is 23.1. The summed E-state index contributed by atoms with van der Waals surface area (Å²) >= 11 is 0. The normalized spacial score (nSPS) is 11.6. The van der Waals surface area contributed by atoms with Crippen molar-refractivity contribution in [2.24, 2.45) is 0 Å². The first-order chi connectivity index (χ1) is 12.2. The maximum atomic E-state index is 12.5. The summed E-state index contributed by atoms with van der Waals surface area (Å²) in [6.45, 7) is 2.11. The summed E-state index contributed by atoms with van der Waals surface area (Å²) in [5.41, 5.74) is 5.72. The van der Waals surface area contributed by atoms with Crippen molar-refractivity contribution in [2.75, 3.05) is 12.5 Å². The Morgan fingerprint density at radius 3 is 2.32 bits per heavy atom. The molecule has 1 heterocycles. The number of aromatic nitrogens is 1. The van der Waals surface area contributed by atoms with Crippen molar-refractivity contribution in [1.82, 2.24) is 0 Å². The maximum Gasteiger partial charge on any atom is 0.305 e. The summed E-state index contributed by atoms with van der Waals surface area (Å²) in [6.07, 6.45) is 1.86. The number of hydrogen-bond donors (Lipinski definition) is 1. The molecular weight excluding hydrogens is 312 g/mol. The van der Waals surface area contributed by atoms with Gasteiger partial charge in [0.05, 0.1) is 13.0 Å². The highest BCUT2D eigenvalue weighted by atomic mass is 16.5. The zero-order chi connectivity index (χ0) is 17.6. The minimum Gasteiger partial charge on any atom is -0.497 e. The molecule has 0 bridgehead atoms. The number of nitrogens with zero attached hydrogens (tertiary/aromatic N) is 1. The van der Waals surface area contributed by atoms with Gasteiger partial charge < -0.3 is 4.74 Å². The van der Waals surface area contributed by atoms with Gasteiger partial charge in [0.15, 0.2) is 6.20 Å². The largest absolute Gasteiger partial charge is 0.497 e. The van der Waals surface area contributed by atoms with E-state index in [1.54, 1.807) is 23.9 Å². The average Bonchev–Trinajstić information content (AvgIpc) is 2.68. The minimum atomic E-state index is -0.139. The second-order valence-corrected chi connectivity index (χ2v) is 5.80. The van der Waals surface area contributed by atoms with Gasteiger partial charge in [-0.05, 0) is 42.8 Å². The van der Waals surface area contributed by atoms with Crippen LogP contribution in [-0.4, -0.2) is 13.0 Å². The summed E-state index contributed by atoms with van der Waals surface area (Å²) in [4.78, 5) is 12.5. The highest BCUT2D eigenvalue weighted by molar-refractivity contribution is 5.98. The second kappa shape index (κ2) is 7.62. The third-order valence-corrected chi connectivity index (χ3v) is 4.21. The first-order valence-electron chi connectivity index (χ1n) is 8.20. The van der Waals surface area contributed by atoms with Crippen LogP contribution in [0.5, 0.6) is 5.75 Å². The van der Waals surface area contributed by atoms with E-state index in [0.717, 1.165) is 17.0 Å². The van der Waals surface area contributed by atoms with E-state index in [0.29, 0.717) is 5.56 Å². The van der Waals surface area contributed by atoms with Crippen LogP contribution >= 0.6 is 0 Å². The molecule has 0 saturated carbocycles. The molecule has 1 N–H and O–H groups in total. The molecule has 4 nitrogen and oxygen atoms in total. The Kier molecular flexibility index (Phi) is 5.09. The van der Waals surface area contributed by atoms with E-state index in [4.69, 9.17) is 4.74 Å². The van der Waals surface area contributed by atoms with E-state index >= 15 is 0 Å². The van der Waals surface area contributed by atoms with E-state index in [9.17, 15) is 4.79 Å². The molecule has 0 radical (unpaired) electrons. The minimum absolute atomic E-state index is 0.114. The monoisotopic (exact) mass is 333 g/mol. The number of pyridine rings is 1. The molecule has 0 fully saturated rings. The standard InChI is InChI=1S/C21H20N2O2/c1-16(17-11-13-19(25-2)14-12-17)20-10-6-7-15-23(20)22-21(24)18-8-4-3-5-9-18/h3-16H,1-2H3/p+1. The predicted octanol–water partition coefficient (Wildman–Crippen LogP) is 3.52. The van der Waals surface area contributed by atoms with Gasteiger partial charge in [0.1, 0.15) is 5.75 Å². The smallest absolute Gasteiger partial charge is 0.305 e. The molecule has 1 unspecified atom stereocenters. The van der Waals surface area contributed by atoms with Crippen LogP contribution in [0.15, 0.2) is 79.0 Å². The number of carbonyl (C=O) groups excluding carboxylic acids is 1. The Hall–Kier alpha value is -3.14. The number of methoxy groups -OCH3 is 1. The highest BCUT2D eigenvalue weighted by Crippen LogP contribution is 2.23. The lowest BCUT2D eigenvalue weighted by Gasteiger charge is -2.12. The Morgan fingerprint density at radius 2 is 1.64 bits per heavy atom. The van der Waals surface area contributed by atoms with Crippen molar-refractivity contribution in [3.63, 3.8) is 0 Å². The molecule has 25 heavy (non-hydrogen) atoms. The van der Waals surface area contributed by atoms with E-state index in [-0.39, 0.29) is 11.8 Å². The average molecular weight is 333 g/mol. The predicted molar refractivity (Wildman–Crippen MR) is 97.3 cm³/mol. The van der Waals surface area contributed by atoms with Gasteiger partial charge in [-0.1, -0.05) is 35.0 Å². The molecule has 3 aromatic rings. The van der Waals surface area contributed by atoms with Crippen LogP contribution in [-0.2, 0) is 0 Å². The van der Waals surface area contributed by atoms with Crippen LogP contribution in [0.4, 0.5) is 0 Å². The quantitative estimate of drug-likeness (QED) is 0.726. The summed E-state index contributed by atoms with van der Waals surface area (Å²) in [5.74, 6) is 0.803. The summed E-state index contributed by atoms with van der Waals surface area (Å²) < 4.78 is 7.00. The molecule has 3 rings (SSSR count). The van der Waals surface area contributed by atoms with Crippen molar-refractivity contribution in [2.45, 2.75) is 12.8 Å². The van der Waals surface area contributed by atoms with Crippen LogP contribution in [0.3, 0.4) is 0 Å². The van der Waals surface area contributed by atoms with Crippen molar-refractivity contribution >= 4 is 5.91 Å². The number of ether oxygens (including phenoxy) is 1. The van der Waals surface area contributed by atoms with E-state index < -0.39 is 0 Å².